The van der Waals surface area contributed by atoms with Crippen LogP contribution in [-0.2, 0) is 19.6 Å². The molecule has 0 saturated carbocycles. The molecule has 0 fully saturated rings. The number of nitrogens with zero attached hydrogens (tertiary/aromatic N) is 1. The third kappa shape index (κ3) is 6.41. The number of anilines is 2. The number of hydrogen-bond acceptors (Lipinski definition) is 6. The van der Waals surface area contributed by atoms with Gasteiger partial charge in [0.15, 0.2) is 5.13 Å². The lowest BCUT2D eigenvalue weighted by molar-refractivity contribution is -0.116. The van der Waals surface area contributed by atoms with E-state index in [-0.39, 0.29) is 29.6 Å². The Morgan fingerprint density at radius 1 is 1.03 bits per heavy atom. The van der Waals surface area contributed by atoms with E-state index in [4.69, 9.17) is 0 Å². The normalized spacial score (nSPS) is 11.2. The number of thiazole rings is 1. The predicted molar refractivity (Wildman–Crippen MR) is 117 cm³/mol. The summed E-state index contributed by atoms with van der Waals surface area (Å²) >= 11 is 1.21. The molecule has 0 radical (unpaired) electrons. The van der Waals surface area contributed by atoms with Gasteiger partial charge in [-0.05, 0) is 48.5 Å². The van der Waals surface area contributed by atoms with Crippen molar-refractivity contribution in [1.82, 2.24) is 9.71 Å². The lowest BCUT2D eigenvalue weighted by Gasteiger charge is -2.08. The second-order valence-corrected chi connectivity index (χ2v) is 9.07. The van der Waals surface area contributed by atoms with Crippen LogP contribution in [0.25, 0.3) is 11.3 Å². The van der Waals surface area contributed by atoms with Crippen molar-refractivity contribution in [2.45, 2.75) is 18.2 Å². The molecule has 0 atom stereocenters. The van der Waals surface area contributed by atoms with Crippen LogP contribution < -0.4 is 15.4 Å². The first-order valence-corrected chi connectivity index (χ1v) is 11.5. The fourth-order valence-corrected chi connectivity index (χ4v) is 4.34. The number of carbonyl (C=O) groups excluding carboxylic acids is 2. The Labute approximate surface area is 182 Å². The fourth-order valence-electron chi connectivity index (χ4n) is 2.57. The van der Waals surface area contributed by atoms with Crippen molar-refractivity contribution in [3.05, 3.63) is 59.7 Å². The lowest BCUT2D eigenvalue weighted by atomic mass is 10.2. The van der Waals surface area contributed by atoms with Crippen molar-refractivity contribution in [1.29, 1.82) is 0 Å². The highest BCUT2D eigenvalue weighted by atomic mass is 32.2. The van der Waals surface area contributed by atoms with Crippen LogP contribution in [0, 0.1) is 5.82 Å². The minimum Gasteiger partial charge on any atom is -0.326 e. The van der Waals surface area contributed by atoms with E-state index in [0.29, 0.717) is 16.5 Å². The number of amides is 2. The number of nitrogens with one attached hydrogen (secondary N) is 3. The topological polar surface area (TPSA) is 117 Å². The van der Waals surface area contributed by atoms with Gasteiger partial charge in [0.2, 0.25) is 21.8 Å². The summed E-state index contributed by atoms with van der Waals surface area (Å²) in [6.07, 6.45) is -0.0886. The third-order valence-corrected chi connectivity index (χ3v) is 6.25. The van der Waals surface area contributed by atoms with Crippen molar-refractivity contribution < 1.29 is 22.4 Å². The van der Waals surface area contributed by atoms with Gasteiger partial charge in [-0.2, -0.15) is 0 Å². The minimum atomic E-state index is -3.80. The summed E-state index contributed by atoms with van der Waals surface area (Å²) in [6, 6.07) is 11.5. The average molecular weight is 463 g/mol. The molecule has 11 heteroatoms. The van der Waals surface area contributed by atoms with Gasteiger partial charge < -0.3 is 10.6 Å². The first-order chi connectivity index (χ1) is 14.7. The largest absolute Gasteiger partial charge is 0.326 e. The van der Waals surface area contributed by atoms with E-state index >= 15 is 0 Å². The molecule has 2 aromatic carbocycles. The molecule has 0 aliphatic carbocycles. The van der Waals surface area contributed by atoms with Gasteiger partial charge in [0.1, 0.15) is 5.82 Å². The van der Waals surface area contributed by atoms with Crippen LogP contribution >= 0.6 is 11.3 Å². The maximum Gasteiger partial charge on any atom is 0.240 e. The van der Waals surface area contributed by atoms with E-state index < -0.39 is 15.9 Å². The SMILES string of the molecule is CC(=O)Nc1ccc(S(=O)(=O)NCCC(=O)Nc2nc(-c3ccc(F)cc3)cs2)cc1. The molecule has 1 heterocycles. The quantitative estimate of drug-likeness (QED) is 0.475. The zero-order chi connectivity index (χ0) is 22.4. The second kappa shape index (κ2) is 9.77. The Balaban J connectivity index is 1.50. The number of rotatable bonds is 8. The summed E-state index contributed by atoms with van der Waals surface area (Å²) in [6.45, 7) is 1.25. The van der Waals surface area contributed by atoms with Crippen molar-refractivity contribution in [2.24, 2.45) is 0 Å². The summed E-state index contributed by atoms with van der Waals surface area (Å²) in [5.74, 6) is -1.01. The Morgan fingerprint density at radius 2 is 1.71 bits per heavy atom. The summed E-state index contributed by atoms with van der Waals surface area (Å²) < 4.78 is 40.0. The van der Waals surface area contributed by atoms with Crippen molar-refractivity contribution in [3.8, 4) is 11.3 Å². The molecule has 31 heavy (non-hydrogen) atoms. The first kappa shape index (κ1) is 22.5. The van der Waals surface area contributed by atoms with E-state index in [2.05, 4.69) is 20.3 Å². The molecule has 0 saturated heterocycles. The number of sulfonamides is 1. The van der Waals surface area contributed by atoms with E-state index in [9.17, 15) is 22.4 Å². The molecule has 162 valence electrons. The highest BCUT2D eigenvalue weighted by molar-refractivity contribution is 7.89. The molecule has 0 aliphatic heterocycles. The second-order valence-electron chi connectivity index (χ2n) is 6.45. The third-order valence-electron chi connectivity index (χ3n) is 4.02. The number of aromatic nitrogens is 1. The van der Waals surface area contributed by atoms with Gasteiger partial charge in [-0.1, -0.05) is 0 Å². The number of carbonyl (C=O) groups is 2. The monoisotopic (exact) mass is 462 g/mol. The van der Waals surface area contributed by atoms with Crippen LogP contribution in [-0.4, -0.2) is 31.8 Å². The number of hydrogen-bond donors (Lipinski definition) is 3. The van der Waals surface area contributed by atoms with Gasteiger partial charge in [-0.25, -0.2) is 22.5 Å². The van der Waals surface area contributed by atoms with Crippen LogP contribution in [0.5, 0.6) is 0 Å². The maximum absolute atomic E-state index is 13.0. The summed E-state index contributed by atoms with van der Waals surface area (Å²) in [5, 5.41) is 7.26. The molecule has 0 unspecified atom stereocenters. The molecule has 1 aromatic heterocycles. The molecular formula is C20H19FN4O4S2. The molecule has 0 bridgehead atoms. The van der Waals surface area contributed by atoms with Crippen LogP contribution in [0.3, 0.4) is 0 Å². The Kier molecular flexibility index (Phi) is 7.10. The lowest BCUT2D eigenvalue weighted by Crippen LogP contribution is -2.27. The van der Waals surface area contributed by atoms with Crippen molar-refractivity contribution in [3.63, 3.8) is 0 Å². The molecule has 3 aromatic rings. The summed E-state index contributed by atoms with van der Waals surface area (Å²) in [7, 11) is -3.80. The standard InChI is InChI=1S/C20H19FN4O4S2/c1-13(26)23-16-6-8-17(9-7-16)31(28,29)22-11-10-19(27)25-20-24-18(12-30-20)14-2-4-15(21)5-3-14/h2-9,12,22H,10-11H2,1H3,(H,23,26)(H,24,25,27). The smallest absolute Gasteiger partial charge is 0.240 e. The van der Waals surface area contributed by atoms with Crippen molar-refractivity contribution in [2.75, 3.05) is 17.2 Å². The van der Waals surface area contributed by atoms with Crippen LogP contribution in [0.1, 0.15) is 13.3 Å². The van der Waals surface area contributed by atoms with Gasteiger partial charge in [0.05, 0.1) is 10.6 Å². The number of benzene rings is 2. The highest BCUT2D eigenvalue weighted by Crippen LogP contribution is 2.25. The molecular weight excluding hydrogens is 443 g/mol. The molecule has 0 spiro atoms. The van der Waals surface area contributed by atoms with E-state index in [1.165, 1.54) is 54.7 Å². The highest BCUT2D eigenvalue weighted by Gasteiger charge is 2.15. The van der Waals surface area contributed by atoms with E-state index in [1.54, 1.807) is 17.5 Å². The van der Waals surface area contributed by atoms with Gasteiger partial charge in [0, 0.05) is 36.5 Å². The zero-order valence-corrected chi connectivity index (χ0v) is 18.0. The van der Waals surface area contributed by atoms with Gasteiger partial charge in [-0.15, -0.1) is 11.3 Å². The average Bonchev–Trinajstić information content (AvgIpc) is 3.16. The van der Waals surface area contributed by atoms with Gasteiger partial charge in [-0.3, -0.25) is 9.59 Å². The Morgan fingerprint density at radius 3 is 2.35 bits per heavy atom. The van der Waals surface area contributed by atoms with E-state index in [1.807, 2.05) is 0 Å². The van der Waals surface area contributed by atoms with Crippen LogP contribution in [0.2, 0.25) is 0 Å². The van der Waals surface area contributed by atoms with E-state index in [0.717, 1.165) is 5.56 Å². The van der Waals surface area contributed by atoms with Gasteiger partial charge in [0.25, 0.3) is 0 Å². The minimum absolute atomic E-state index is 0.0193. The van der Waals surface area contributed by atoms with Crippen molar-refractivity contribution >= 4 is 44.0 Å². The zero-order valence-electron chi connectivity index (χ0n) is 16.4. The van der Waals surface area contributed by atoms with Gasteiger partial charge >= 0.3 is 0 Å². The molecule has 2 amide bonds. The predicted octanol–water partition coefficient (Wildman–Crippen LogP) is 3.21. The Hall–Kier alpha value is -3.15. The molecule has 8 nitrogen and oxygen atoms in total. The van der Waals surface area contributed by atoms with Crippen LogP contribution in [0.4, 0.5) is 15.2 Å². The molecule has 0 aliphatic rings. The Bertz CT molecular complexity index is 1180. The summed E-state index contributed by atoms with van der Waals surface area (Å²) in [4.78, 5) is 27.4. The fraction of sp³-hybridized carbons (Fsp3) is 0.150. The molecule has 3 rings (SSSR count). The summed E-state index contributed by atoms with van der Waals surface area (Å²) in [5.41, 5.74) is 1.80. The van der Waals surface area contributed by atoms with Crippen LogP contribution in [0.15, 0.2) is 58.8 Å². The number of halogens is 1. The maximum atomic E-state index is 13.0. The first-order valence-electron chi connectivity index (χ1n) is 9.11. The molecule has 3 N–H and O–H groups in total.